The molecule has 1 fully saturated rings. The van der Waals surface area contributed by atoms with Crippen LogP contribution in [-0.2, 0) is 17.8 Å². The summed E-state index contributed by atoms with van der Waals surface area (Å²) in [4.78, 5) is 12.6. The van der Waals surface area contributed by atoms with Crippen molar-refractivity contribution in [3.63, 3.8) is 0 Å². The number of carbonyl (C=O) groups is 1. The summed E-state index contributed by atoms with van der Waals surface area (Å²) in [6.07, 6.45) is 5.59. The van der Waals surface area contributed by atoms with Gasteiger partial charge in [-0.3, -0.25) is 4.79 Å². The van der Waals surface area contributed by atoms with Crippen LogP contribution in [0.3, 0.4) is 0 Å². The highest BCUT2D eigenvalue weighted by Crippen LogP contribution is 2.31. The van der Waals surface area contributed by atoms with Gasteiger partial charge in [0.05, 0.1) is 6.04 Å². The molecule has 1 aromatic rings. The zero-order chi connectivity index (χ0) is 13.2. The van der Waals surface area contributed by atoms with Gasteiger partial charge in [-0.15, -0.1) is 0 Å². The minimum Gasteiger partial charge on any atom is -0.303 e. The fourth-order valence-corrected chi connectivity index (χ4v) is 3.63. The van der Waals surface area contributed by atoms with Gasteiger partial charge >= 0.3 is 0 Å². The van der Waals surface area contributed by atoms with Crippen molar-refractivity contribution in [2.75, 3.05) is 0 Å². The van der Waals surface area contributed by atoms with Crippen molar-refractivity contribution < 1.29 is 4.79 Å². The Bertz CT molecular complexity index is 468. The van der Waals surface area contributed by atoms with Crippen LogP contribution in [0.4, 0.5) is 0 Å². The first kappa shape index (κ1) is 12.9. The Morgan fingerprint density at radius 3 is 2.79 bits per heavy atom. The lowest BCUT2D eigenvalue weighted by Gasteiger charge is -2.31. The van der Waals surface area contributed by atoms with Gasteiger partial charge in [0.2, 0.25) is 0 Å². The minimum absolute atomic E-state index is 0.0465. The minimum atomic E-state index is 0.0465. The van der Waals surface area contributed by atoms with Crippen LogP contribution in [0.15, 0.2) is 24.3 Å². The van der Waals surface area contributed by atoms with E-state index < -0.39 is 0 Å². The van der Waals surface area contributed by atoms with Gasteiger partial charge in [0, 0.05) is 12.5 Å². The molecule has 19 heavy (non-hydrogen) atoms. The summed E-state index contributed by atoms with van der Waals surface area (Å²) in [6, 6.07) is 8.52. The van der Waals surface area contributed by atoms with Crippen molar-refractivity contribution in [1.29, 1.82) is 0 Å². The molecule has 0 spiro atoms. The van der Waals surface area contributed by atoms with Crippen molar-refractivity contribution in [2.24, 2.45) is 11.8 Å². The molecule has 1 N–H and O–H groups in total. The molecule has 3 unspecified atom stereocenters. The van der Waals surface area contributed by atoms with E-state index in [0.717, 1.165) is 31.7 Å². The molecule has 3 rings (SSSR count). The van der Waals surface area contributed by atoms with Gasteiger partial charge in [0.1, 0.15) is 0 Å². The first-order valence-electron chi connectivity index (χ1n) is 7.58. The van der Waals surface area contributed by atoms with E-state index in [4.69, 9.17) is 0 Å². The summed E-state index contributed by atoms with van der Waals surface area (Å²) in [5.74, 6) is 1.48. The second kappa shape index (κ2) is 5.46. The molecule has 0 amide bonds. The number of carbonyl (C=O) groups excluding carboxylic acids is 1. The maximum atomic E-state index is 12.6. The van der Waals surface area contributed by atoms with E-state index >= 15 is 0 Å². The molecule has 1 aromatic carbocycles. The highest BCUT2D eigenvalue weighted by Gasteiger charge is 2.32. The number of nitrogens with one attached hydrogen (secondary N) is 1. The first-order valence-corrected chi connectivity index (χ1v) is 7.58. The molecule has 1 aliphatic heterocycles. The largest absolute Gasteiger partial charge is 0.303 e. The molecule has 0 bridgehead atoms. The summed E-state index contributed by atoms with van der Waals surface area (Å²) in [6.45, 7) is 3.12. The van der Waals surface area contributed by atoms with Crippen molar-refractivity contribution >= 4 is 5.78 Å². The Balaban J connectivity index is 1.69. The maximum absolute atomic E-state index is 12.6. The van der Waals surface area contributed by atoms with Crippen LogP contribution in [0.2, 0.25) is 0 Å². The van der Waals surface area contributed by atoms with Crippen molar-refractivity contribution in [3.8, 4) is 0 Å². The number of benzene rings is 1. The molecule has 1 aliphatic carbocycles. The lowest BCUT2D eigenvalue weighted by Crippen LogP contribution is -2.45. The number of ketones is 1. The summed E-state index contributed by atoms with van der Waals surface area (Å²) in [5.41, 5.74) is 2.70. The van der Waals surface area contributed by atoms with Gasteiger partial charge in [-0.05, 0) is 36.3 Å². The molecule has 0 radical (unpaired) electrons. The predicted octanol–water partition coefficient (Wildman–Crippen LogP) is 3.10. The zero-order valence-electron chi connectivity index (χ0n) is 11.7. The van der Waals surface area contributed by atoms with Gasteiger partial charge in [-0.1, -0.05) is 44.0 Å². The van der Waals surface area contributed by atoms with Crippen molar-refractivity contribution in [1.82, 2.24) is 5.32 Å². The maximum Gasteiger partial charge on any atom is 0.153 e. The normalized spacial score (nSPS) is 30.7. The van der Waals surface area contributed by atoms with E-state index in [1.165, 1.54) is 24.0 Å². The fraction of sp³-hybridized carbons (Fsp3) is 0.588. The van der Waals surface area contributed by atoms with E-state index in [-0.39, 0.29) is 6.04 Å². The Morgan fingerprint density at radius 2 is 2.00 bits per heavy atom. The van der Waals surface area contributed by atoms with Crippen LogP contribution in [0.1, 0.15) is 43.7 Å². The average Bonchev–Trinajstić information content (AvgIpc) is 2.46. The van der Waals surface area contributed by atoms with Crippen LogP contribution in [-0.4, -0.2) is 11.8 Å². The van der Waals surface area contributed by atoms with Gasteiger partial charge < -0.3 is 5.32 Å². The molecule has 3 atom stereocenters. The number of Topliss-reactive ketones (excluding diaryl/α,β-unsaturated/α-hetero) is 1. The zero-order valence-corrected chi connectivity index (χ0v) is 11.7. The monoisotopic (exact) mass is 257 g/mol. The molecule has 102 valence electrons. The average molecular weight is 257 g/mol. The molecule has 2 heteroatoms. The van der Waals surface area contributed by atoms with E-state index in [0.29, 0.717) is 11.7 Å². The number of fused-ring (bicyclic) bond motifs is 1. The highest BCUT2D eigenvalue weighted by molar-refractivity contribution is 5.87. The fourth-order valence-electron chi connectivity index (χ4n) is 3.63. The second-order valence-corrected chi connectivity index (χ2v) is 6.28. The second-order valence-electron chi connectivity index (χ2n) is 6.28. The topological polar surface area (TPSA) is 29.1 Å². The van der Waals surface area contributed by atoms with E-state index in [9.17, 15) is 4.79 Å². The van der Waals surface area contributed by atoms with Crippen LogP contribution >= 0.6 is 0 Å². The Kier molecular flexibility index (Phi) is 3.69. The SMILES string of the molecule is CC1CCCC(C(=O)C2Cc3ccccc3CN2)C1. The smallest absolute Gasteiger partial charge is 0.153 e. The van der Waals surface area contributed by atoms with Crippen molar-refractivity contribution in [2.45, 2.75) is 51.6 Å². The highest BCUT2D eigenvalue weighted by atomic mass is 16.1. The molecule has 2 aliphatic rings. The first-order chi connectivity index (χ1) is 9.24. The Labute approximate surface area is 115 Å². The molecule has 2 nitrogen and oxygen atoms in total. The third-order valence-corrected chi connectivity index (χ3v) is 4.76. The standard InChI is InChI=1S/C17H23NO/c1-12-5-4-8-14(9-12)17(19)16-10-13-6-2-3-7-15(13)11-18-16/h2-3,6-7,12,14,16,18H,4-5,8-11H2,1H3. The molecular weight excluding hydrogens is 234 g/mol. The molecular formula is C17H23NO. The lowest BCUT2D eigenvalue weighted by atomic mass is 9.77. The Morgan fingerprint density at radius 1 is 1.21 bits per heavy atom. The summed E-state index contributed by atoms with van der Waals surface area (Å²) < 4.78 is 0. The quantitative estimate of drug-likeness (QED) is 0.882. The Hall–Kier alpha value is -1.15. The van der Waals surface area contributed by atoms with Crippen LogP contribution in [0, 0.1) is 11.8 Å². The third-order valence-electron chi connectivity index (χ3n) is 4.76. The lowest BCUT2D eigenvalue weighted by molar-refractivity contribution is -0.126. The van der Waals surface area contributed by atoms with Crippen LogP contribution in [0.25, 0.3) is 0 Å². The molecule has 1 heterocycles. The van der Waals surface area contributed by atoms with Gasteiger partial charge in [0.15, 0.2) is 5.78 Å². The summed E-state index contributed by atoms with van der Waals surface area (Å²) in [7, 11) is 0. The summed E-state index contributed by atoms with van der Waals surface area (Å²) in [5, 5.41) is 3.44. The van der Waals surface area contributed by atoms with Gasteiger partial charge in [-0.25, -0.2) is 0 Å². The van der Waals surface area contributed by atoms with Crippen LogP contribution in [0.5, 0.6) is 0 Å². The third kappa shape index (κ3) is 2.74. The number of hydrogen-bond donors (Lipinski definition) is 1. The molecule has 0 aromatic heterocycles. The van der Waals surface area contributed by atoms with E-state index in [1.54, 1.807) is 0 Å². The summed E-state index contributed by atoms with van der Waals surface area (Å²) >= 11 is 0. The molecule has 1 saturated carbocycles. The van der Waals surface area contributed by atoms with E-state index in [1.807, 2.05) is 0 Å². The number of hydrogen-bond acceptors (Lipinski definition) is 2. The number of rotatable bonds is 2. The van der Waals surface area contributed by atoms with E-state index in [2.05, 4.69) is 36.5 Å². The van der Waals surface area contributed by atoms with Crippen molar-refractivity contribution in [3.05, 3.63) is 35.4 Å². The van der Waals surface area contributed by atoms with Gasteiger partial charge in [0.25, 0.3) is 0 Å². The predicted molar refractivity (Wildman–Crippen MR) is 76.9 cm³/mol. The molecule has 0 saturated heterocycles. The van der Waals surface area contributed by atoms with Crippen LogP contribution < -0.4 is 5.32 Å². The van der Waals surface area contributed by atoms with Gasteiger partial charge in [-0.2, -0.15) is 0 Å².